The maximum atomic E-state index is 5.35. The number of anilines is 1. The van der Waals surface area contributed by atoms with Gasteiger partial charge in [0.15, 0.2) is 6.10 Å². The number of nitrogens with zero attached hydrogens (tertiary/aromatic N) is 2. The van der Waals surface area contributed by atoms with Gasteiger partial charge in [-0.15, -0.1) is 6.42 Å². The number of rotatable bonds is 3. The van der Waals surface area contributed by atoms with Crippen molar-refractivity contribution in [2.75, 3.05) is 5.43 Å². The van der Waals surface area contributed by atoms with E-state index in [0.29, 0.717) is 11.8 Å². The van der Waals surface area contributed by atoms with Crippen LogP contribution in [0, 0.1) is 19.3 Å². The third kappa shape index (κ3) is 2.34. The Morgan fingerprint density at radius 3 is 3.00 bits per heavy atom. The minimum atomic E-state index is -0.325. The summed E-state index contributed by atoms with van der Waals surface area (Å²) in [5.74, 6) is 8.35. The topological polar surface area (TPSA) is 73.1 Å². The van der Waals surface area contributed by atoms with Crippen LogP contribution in [0.2, 0.25) is 0 Å². The normalized spacial score (nSPS) is 11.6. The van der Waals surface area contributed by atoms with Gasteiger partial charge in [0.1, 0.15) is 0 Å². The minimum absolute atomic E-state index is 0.301. The summed E-state index contributed by atoms with van der Waals surface area (Å²) in [6, 6.07) is 0. The predicted octanol–water partition coefficient (Wildman–Crippen LogP) is 0.471. The Hall–Kier alpha value is -1.80. The monoisotopic (exact) mass is 192 g/mol. The van der Waals surface area contributed by atoms with Crippen molar-refractivity contribution in [2.45, 2.75) is 20.0 Å². The first kappa shape index (κ1) is 10.3. The number of nitrogens with two attached hydrogens (primary N) is 1. The van der Waals surface area contributed by atoms with Crippen LogP contribution in [-0.2, 0) is 0 Å². The summed E-state index contributed by atoms with van der Waals surface area (Å²) in [4.78, 5) is 7.93. The van der Waals surface area contributed by atoms with Gasteiger partial charge in [0, 0.05) is 11.8 Å². The van der Waals surface area contributed by atoms with Gasteiger partial charge in [-0.05, 0) is 13.8 Å². The molecule has 0 bridgehead atoms. The predicted molar refractivity (Wildman–Crippen MR) is 53.5 cm³/mol. The molecule has 5 heteroatoms. The molecule has 0 aromatic carbocycles. The van der Waals surface area contributed by atoms with Gasteiger partial charge in [-0.1, -0.05) is 5.92 Å². The second kappa shape index (κ2) is 4.44. The number of hydrogen-bond donors (Lipinski definition) is 2. The Kier molecular flexibility index (Phi) is 3.26. The van der Waals surface area contributed by atoms with Crippen LogP contribution in [-0.4, -0.2) is 16.1 Å². The summed E-state index contributed by atoms with van der Waals surface area (Å²) in [7, 11) is 0. The van der Waals surface area contributed by atoms with Gasteiger partial charge in [-0.25, -0.2) is 10.8 Å². The molecule has 0 aliphatic carbocycles. The van der Waals surface area contributed by atoms with Crippen molar-refractivity contribution in [2.24, 2.45) is 5.84 Å². The van der Waals surface area contributed by atoms with E-state index in [2.05, 4.69) is 21.3 Å². The summed E-state index contributed by atoms with van der Waals surface area (Å²) in [5, 5.41) is 0. The van der Waals surface area contributed by atoms with Crippen molar-refractivity contribution >= 4 is 5.95 Å². The first-order chi connectivity index (χ1) is 6.67. The van der Waals surface area contributed by atoms with Crippen molar-refractivity contribution < 1.29 is 4.74 Å². The lowest BCUT2D eigenvalue weighted by Gasteiger charge is -2.10. The lowest BCUT2D eigenvalue weighted by Crippen LogP contribution is -2.14. The molecule has 0 fully saturated rings. The number of aryl methyl sites for hydroxylation is 1. The van der Waals surface area contributed by atoms with Crippen LogP contribution in [0.25, 0.3) is 0 Å². The van der Waals surface area contributed by atoms with Crippen LogP contribution in [0.15, 0.2) is 6.20 Å². The van der Waals surface area contributed by atoms with E-state index in [0.717, 1.165) is 5.56 Å². The molecule has 1 rings (SSSR count). The molecule has 1 aromatic heterocycles. The summed E-state index contributed by atoms with van der Waals surface area (Å²) in [6.45, 7) is 3.59. The highest BCUT2D eigenvalue weighted by Crippen LogP contribution is 2.15. The van der Waals surface area contributed by atoms with E-state index in [-0.39, 0.29) is 6.10 Å². The quantitative estimate of drug-likeness (QED) is 0.414. The van der Waals surface area contributed by atoms with Crippen molar-refractivity contribution in [3.8, 4) is 18.2 Å². The molecule has 1 heterocycles. The number of terminal acetylenes is 1. The van der Waals surface area contributed by atoms with E-state index >= 15 is 0 Å². The number of nitrogen functional groups attached to an aromatic ring is 1. The van der Waals surface area contributed by atoms with E-state index < -0.39 is 0 Å². The van der Waals surface area contributed by atoms with Gasteiger partial charge in [-0.3, -0.25) is 5.43 Å². The molecule has 1 atom stereocenters. The summed E-state index contributed by atoms with van der Waals surface area (Å²) < 4.78 is 5.35. The Balaban J connectivity index is 2.90. The zero-order valence-corrected chi connectivity index (χ0v) is 8.11. The molecule has 0 aliphatic heterocycles. The van der Waals surface area contributed by atoms with E-state index in [1.165, 1.54) is 0 Å². The Morgan fingerprint density at radius 1 is 1.71 bits per heavy atom. The van der Waals surface area contributed by atoms with Crippen LogP contribution in [0.4, 0.5) is 5.95 Å². The first-order valence-corrected chi connectivity index (χ1v) is 4.10. The molecule has 0 saturated carbocycles. The average Bonchev–Trinajstić information content (AvgIpc) is 2.21. The van der Waals surface area contributed by atoms with Crippen LogP contribution in [0.1, 0.15) is 12.5 Å². The fourth-order valence-electron chi connectivity index (χ4n) is 0.817. The molecule has 0 saturated heterocycles. The highest BCUT2D eigenvalue weighted by molar-refractivity contribution is 5.31. The van der Waals surface area contributed by atoms with E-state index in [1.54, 1.807) is 13.1 Å². The van der Waals surface area contributed by atoms with E-state index in [4.69, 9.17) is 17.0 Å². The van der Waals surface area contributed by atoms with Crippen molar-refractivity contribution in [3.63, 3.8) is 0 Å². The molecule has 1 aromatic rings. The lowest BCUT2D eigenvalue weighted by molar-refractivity contribution is 0.265. The van der Waals surface area contributed by atoms with Gasteiger partial charge in [0.05, 0.1) is 0 Å². The van der Waals surface area contributed by atoms with E-state index in [1.807, 2.05) is 6.92 Å². The Morgan fingerprint density at radius 2 is 2.43 bits per heavy atom. The average molecular weight is 192 g/mol. The molecule has 0 radical (unpaired) electrons. The van der Waals surface area contributed by atoms with E-state index in [9.17, 15) is 0 Å². The highest BCUT2D eigenvalue weighted by Gasteiger charge is 2.06. The Labute approximate surface area is 82.7 Å². The van der Waals surface area contributed by atoms with Crippen LogP contribution in [0.3, 0.4) is 0 Å². The number of aromatic nitrogens is 2. The standard InChI is InChI=1S/C9H12N4O/c1-4-7(3)14-8-6(2)5-11-9(12-8)13-10/h1,5,7H,10H2,2-3H3,(H,11,12,13). The van der Waals surface area contributed by atoms with Gasteiger partial charge >= 0.3 is 0 Å². The summed E-state index contributed by atoms with van der Waals surface area (Å²) >= 11 is 0. The summed E-state index contributed by atoms with van der Waals surface area (Å²) in [6.07, 6.45) is 6.47. The second-order valence-corrected chi connectivity index (χ2v) is 2.75. The molecule has 0 amide bonds. The van der Waals surface area contributed by atoms with Crippen molar-refractivity contribution in [3.05, 3.63) is 11.8 Å². The van der Waals surface area contributed by atoms with Crippen LogP contribution in [0.5, 0.6) is 5.88 Å². The fraction of sp³-hybridized carbons (Fsp3) is 0.333. The smallest absolute Gasteiger partial charge is 0.240 e. The number of nitrogens with one attached hydrogen (secondary N) is 1. The SMILES string of the molecule is C#CC(C)Oc1nc(NN)ncc1C. The maximum Gasteiger partial charge on any atom is 0.240 e. The molecule has 0 spiro atoms. The molecule has 14 heavy (non-hydrogen) atoms. The van der Waals surface area contributed by atoms with Crippen LogP contribution >= 0.6 is 0 Å². The Bertz CT molecular complexity index is 358. The third-order valence-corrected chi connectivity index (χ3v) is 1.58. The molecule has 3 N–H and O–H groups in total. The summed E-state index contributed by atoms with van der Waals surface area (Å²) in [5.41, 5.74) is 3.14. The fourth-order valence-corrected chi connectivity index (χ4v) is 0.817. The third-order valence-electron chi connectivity index (χ3n) is 1.58. The number of ether oxygens (including phenoxy) is 1. The van der Waals surface area contributed by atoms with Crippen molar-refractivity contribution in [1.82, 2.24) is 9.97 Å². The molecule has 0 aliphatic rings. The molecular weight excluding hydrogens is 180 g/mol. The number of hydrazine groups is 1. The zero-order chi connectivity index (χ0) is 10.6. The largest absolute Gasteiger partial charge is 0.461 e. The van der Waals surface area contributed by atoms with Gasteiger partial charge in [-0.2, -0.15) is 4.98 Å². The molecule has 74 valence electrons. The van der Waals surface area contributed by atoms with Gasteiger partial charge < -0.3 is 4.74 Å². The second-order valence-electron chi connectivity index (χ2n) is 2.75. The van der Waals surface area contributed by atoms with Crippen LogP contribution < -0.4 is 16.0 Å². The highest BCUT2D eigenvalue weighted by atomic mass is 16.5. The maximum absolute atomic E-state index is 5.35. The molecule has 5 nitrogen and oxygen atoms in total. The minimum Gasteiger partial charge on any atom is -0.461 e. The van der Waals surface area contributed by atoms with Gasteiger partial charge in [0.25, 0.3) is 0 Å². The van der Waals surface area contributed by atoms with Crippen molar-refractivity contribution in [1.29, 1.82) is 0 Å². The molecular formula is C9H12N4O. The molecule has 1 unspecified atom stereocenters. The zero-order valence-electron chi connectivity index (χ0n) is 8.11. The first-order valence-electron chi connectivity index (χ1n) is 4.10. The lowest BCUT2D eigenvalue weighted by atomic mass is 10.3. The van der Waals surface area contributed by atoms with Gasteiger partial charge in [0.2, 0.25) is 11.8 Å². The number of hydrogen-bond acceptors (Lipinski definition) is 5.